The molecule has 1 fully saturated rings. The lowest BCUT2D eigenvalue weighted by Gasteiger charge is -2.36. The minimum absolute atomic E-state index is 0.0895. The fourth-order valence-corrected chi connectivity index (χ4v) is 3.36. The van der Waals surface area contributed by atoms with E-state index >= 15 is 0 Å². The Kier molecular flexibility index (Phi) is 5.38. The standard InChI is InChI=1S/C18H28NO2/c1-13(2)16-8-7-14(3)10-17(16)21-18(20)12-19-9-5-6-15(4)11-19/h5-6,9,11,13-14,16-17H,7-8,10,12H2,1-4H3/q+1/t14-,16+,17+/m0/s1. The zero-order chi connectivity index (χ0) is 15.4. The highest BCUT2D eigenvalue weighted by Crippen LogP contribution is 2.35. The molecule has 0 N–H and O–H groups in total. The largest absolute Gasteiger partial charge is 0.457 e. The van der Waals surface area contributed by atoms with Gasteiger partial charge in [0.25, 0.3) is 0 Å². The first-order valence-corrected chi connectivity index (χ1v) is 8.11. The number of carbonyl (C=O) groups is 1. The Morgan fingerprint density at radius 1 is 1.43 bits per heavy atom. The maximum Gasteiger partial charge on any atom is 0.372 e. The normalized spacial score (nSPS) is 25.9. The third-order valence-corrected chi connectivity index (χ3v) is 4.56. The number of hydrogen-bond acceptors (Lipinski definition) is 2. The Bertz CT molecular complexity index is 484. The van der Waals surface area contributed by atoms with Gasteiger partial charge in [0.05, 0.1) is 0 Å². The van der Waals surface area contributed by atoms with Gasteiger partial charge < -0.3 is 4.74 Å². The highest BCUT2D eigenvalue weighted by Gasteiger charge is 2.33. The van der Waals surface area contributed by atoms with Crippen LogP contribution in [0.1, 0.15) is 45.6 Å². The van der Waals surface area contributed by atoms with Gasteiger partial charge in [-0.15, -0.1) is 0 Å². The summed E-state index contributed by atoms with van der Waals surface area (Å²) in [5.74, 6) is 1.62. The molecule has 1 aliphatic carbocycles. The molecule has 1 aromatic heterocycles. The zero-order valence-electron chi connectivity index (χ0n) is 13.7. The molecule has 0 spiro atoms. The van der Waals surface area contributed by atoms with E-state index in [1.54, 1.807) is 0 Å². The Hall–Kier alpha value is -1.38. The van der Waals surface area contributed by atoms with Crippen LogP contribution in [-0.2, 0) is 16.1 Å². The quantitative estimate of drug-likeness (QED) is 0.629. The van der Waals surface area contributed by atoms with Crippen LogP contribution in [0.25, 0.3) is 0 Å². The van der Waals surface area contributed by atoms with Crippen LogP contribution in [-0.4, -0.2) is 12.1 Å². The maximum atomic E-state index is 12.2. The van der Waals surface area contributed by atoms with Crippen LogP contribution in [0.15, 0.2) is 24.5 Å². The number of hydrogen-bond donors (Lipinski definition) is 0. The summed E-state index contributed by atoms with van der Waals surface area (Å²) in [7, 11) is 0. The average molecular weight is 290 g/mol. The van der Waals surface area contributed by atoms with Gasteiger partial charge in [0.2, 0.25) is 6.54 Å². The van der Waals surface area contributed by atoms with Gasteiger partial charge in [-0.2, -0.15) is 4.57 Å². The molecule has 21 heavy (non-hydrogen) atoms. The molecule has 0 bridgehead atoms. The van der Waals surface area contributed by atoms with E-state index in [1.807, 2.05) is 36.0 Å². The summed E-state index contributed by atoms with van der Waals surface area (Å²) in [6, 6.07) is 3.99. The van der Waals surface area contributed by atoms with Gasteiger partial charge in [-0.3, -0.25) is 0 Å². The number of aromatic nitrogens is 1. The van der Waals surface area contributed by atoms with Gasteiger partial charge in [-0.05, 0) is 43.6 Å². The van der Waals surface area contributed by atoms with Crippen molar-refractivity contribution in [2.24, 2.45) is 17.8 Å². The SMILES string of the molecule is Cc1ccc[n+](CC(=O)O[C@@H]2C[C@@H](C)CC[C@@H]2C(C)C)c1. The van der Waals surface area contributed by atoms with Gasteiger partial charge >= 0.3 is 5.97 Å². The van der Waals surface area contributed by atoms with E-state index in [0.717, 1.165) is 12.0 Å². The molecular formula is C18H28NO2+. The van der Waals surface area contributed by atoms with Gasteiger partial charge in [0.1, 0.15) is 6.10 Å². The van der Waals surface area contributed by atoms with Crippen molar-refractivity contribution in [3.63, 3.8) is 0 Å². The molecule has 3 heteroatoms. The fraction of sp³-hybridized carbons (Fsp3) is 0.667. The molecule has 2 rings (SSSR count). The number of ether oxygens (including phenoxy) is 1. The molecule has 0 amide bonds. The molecule has 0 aromatic carbocycles. The molecule has 116 valence electrons. The van der Waals surface area contributed by atoms with Gasteiger partial charge in [-0.25, -0.2) is 4.79 Å². The molecule has 3 nitrogen and oxygen atoms in total. The molecule has 1 saturated carbocycles. The fourth-order valence-electron chi connectivity index (χ4n) is 3.36. The summed E-state index contributed by atoms with van der Waals surface area (Å²) in [5.41, 5.74) is 1.15. The monoisotopic (exact) mass is 290 g/mol. The number of rotatable bonds is 4. The van der Waals surface area contributed by atoms with Crippen LogP contribution in [0.4, 0.5) is 0 Å². The van der Waals surface area contributed by atoms with Crippen molar-refractivity contribution in [1.29, 1.82) is 0 Å². The second-order valence-electron chi connectivity index (χ2n) is 6.91. The Morgan fingerprint density at radius 2 is 2.19 bits per heavy atom. The molecular weight excluding hydrogens is 262 g/mol. The number of carbonyl (C=O) groups excluding carboxylic acids is 1. The third kappa shape index (κ3) is 4.55. The van der Waals surface area contributed by atoms with Crippen LogP contribution in [0, 0.1) is 24.7 Å². The number of pyridine rings is 1. The van der Waals surface area contributed by atoms with Crippen molar-refractivity contribution in [1.82, 2.24) is 0 Å². The minimum atomic E-state index is -0.115. The van der Waals surface area contributed by atoms with E-state index in [0.29, 0.717) is 24.3 Å². The van der Waals surface area contributed by atoms with Crippen molar-refractivity contribution in [3.8, 4) is 0 Å². The molecule has 1 heterocycles. The first-order valence-electron chi connectivity index (χ1n) is 8.11. The highest BCUT2D eigenvalue weighted by atomic mass is 16.5. The maximum absolute atomic E-state index is 12.2. The van der Waals surface area contributed by atoms with Crippen LogP contribution in [0.2, 0.25) is 0 Å². The summed E-state index contributed by atoms with van der Waals surface area (Å²) >= 11 is 0. The van der Waals surface area contributed by atoms with E-state index in [-0.39, 0.29) is 12.1 Å². The topological polar surface area (TPSA) is 30.2 Å². The molecule has 1 aromatic rings. The van der Waals surface area contributed by atoms with Crippen LogP contribution >= 0.6 is 0 Å². The van der Waals surface area contributed by atoms with Gasteiger partial charge in [0, 0.05) is 11.6 Å². The predicted octanol–water partition coefficient (Wildman–Crippen LogP) is 3.29. The summed E-state index contributed by atoms with van der Waals surface area (Å²) in [6.45, 7) is 9.05. The lowest BCUT2D eigenvalue weighted by Crippen LogP contribution is -2.42. The molecule has 0 radical (unpaired) electrons. The van der Waals surface area contributed by atoms with Crippen molar-refractivity contribution in [3.05, 3.63) is 30.1 Å². The third-order valence-electron chi connectivity index (χ3n) is 4.56. The van der Waals surface area contributed by atoms with E-state index in [1.165, 1.54) is 12.8 Å². The first kappa shape index (κ1) is 16.0. The van der Waals surface area contributed by atoms with Crippen molar-refractivity contribution in [2.45, 2.75) is 59.6 Å². The number of aryl methyl sites for hydroxylation is 1. The Morgan fingerprint density at radius 3 is 2.86 bits per heavy atom. The Balaban J connectivity index is 1.96. The summed E-state index contributed by atoms with van der Waals surface area (Å²) < 4.78 is 7.72. The molecule has 3 atom stereocenters. The van der Waals surface area contributed by atoms with E-state index in [4.69, 9.17) is 4.74 Å². The van der Waals surface area contributed by atoms with Crippen LogP contribution < -0.4 is 4.57 Å². The lowest BCUT2D eigenvalue weighted by atomic mass is 9.75. The summed E-state index contributed by atoms with van der Waals surface area (Å²) in [4.78, 5) is 12.2. The predicted molar refractivity (Wildman–Crippen MR) is 82.6 cm³/mol. The number of esters is 1. The van der Waals surface area contributed by atoms with Crippen molar-refractivity contribution in [2.75, 3.05) is 0 Å². The van der Waals surface area contributed by atoms with Gasteiger partial charge in [-0.1, -0.05) is 27.2 Å². The number of nitrogens with zero attached hydrogens (tertiary/aromatic N) is 1. The summed E-state index contributed by atoms with van der Waals surface area (Å²) in [6.07, 6.45) is 7.42. The summed E-state index contributed by atoms with van der Waals surface area (Å²) in [5, 5.41) is 0. The minimum Gasteiger partial charge on any atom is -0.457 e. The zero-order valence-corrected chi connectivity index (χ0v) is 13.7. The van der Waals surface area contributed by atoms with Gasteiger partial charge in [0.15, 0.2) is 12.4 Å². The molecule has 0 aliphatic heterocycles. The molecule has 0 unspecified atom stereocenters. The first-order chi connectivity index (χ1) is 9.95. The smallest absolute Gasteiger partial charge is 0.372 e. The van der Waals surface area contributed by atoms with Crippen LogP contribution in [0.5, 0.6) is 0 Å². The van der Waals surface area contributed by atoms with E-state index < -0.39 is 0 Å². The second-order valence-corrected chi connectivity index (χ2v) is 6.91. The van der Waals surface area contributed by atoms with Crippen LogP contribution in [0.3, 0.4) is 0 Å². The van der Waals surface area contributed by atoms with Crippen molar-refractivity contribution >= 4 is 5.97 Å². The van der Waals surface area contributed by atoms with E-state index in [9.17, 15) is 4.79 Å². The second kappa shape index (κ2) is 7.06. The Labute approximate surface area is 128 Å². The average Bonchev–Trinajstić information content (AvgIpc) is 2.38. The van der Waals surface area contributed by atoms with E-state index in [2.05, 4.69) is 20.8 Å². The molecule has 0 saturated heterocycles. The lowest BCUT2D eigenvalue weighted by molar-refractivity contribution is -0.686. The molecule has 1 aliphatic rings. The van der Waals surface area contributed by atoms with Crippen molar-refractivity contribution < 1.29 is 14.1 Å². The highest BCUT2D eigenvalue weighted by molar-refractivity contribution is 5.67.